The quantitative estimate of drug-likeness (QED) is 0.330. The van der Waals surface area contributed by atoms with Crippen molar-refractivity contribution in [2.75, 3.05) is 46.2 Å². The summed E-state index contributed by atoms with van der Waals surface area (Å²) in [6, 6.07) is 5.75. The molecule has 0 aliphatic carbocycles. The van der Waals surface area contributed by atoms with Gasteiger partial charge < -0.3 is 24.6 Å². The summed E-state index contributed by atoms with van der Waals surface area (Å²) in [5, 5.41) is 2.81. The Labute approximate surface area is 218 Å². The van der Waals surface area contributed by atoms with Crippen LogP contribution in [-0.4, -0.2) is 72.6 Å². The van der Waals surface area contributed by atoms with Crippen LogP contribution in [0.1, 0.15) is 12.8 Å². The first-order chi connectivity index (χ1) is 17.8. The minimum absolute atomic E-state index is 0.00965. The van der Waals surface area contributed by atoms with Crippen molar-refractivity contribution in [2.45, 2.75) is 18.9 Å². The van der Waals surface area contributed by atoms with Gasteiger partial charge >= 0.3 is 0 Å². The second-order valence-corrected chi connectivity index (χ2v) is 9.28. The third kappa shape index (κ3) is 6.26. The van der Waals surface area contributed by atoms with Crippen LogP contribution >= 0.6 is 11.6 Å². The molecule has 8 nitrogen and oxygen atoms in total. The lowest BCUT2D eigenvalue weighted by Crippen LogP contribution is -2.41. The number of nitrogens with zero attached hydrogens (tertiary/aromatic N) is 4. The molecule has 196 valence electrons. The van der Waals surface area contributed by atoms with E-state index in [-0.39, 0.29) is 17.7 Å². The molecule has 0 radical (unpaired) electrons. The van der Waals surface area contributed by atoms with Crippen molar-refractivity contribution in [1.82, 2.24) is 19.8 Å². The lowest BCUT2D eigenvalue weighted by atomic mass is 10.1. The summed E-state index contributed by atoms with van der Waals surface area (Å²) in [5.74, 6) is -0.528. The summed E-state index contributed by atoms with van der Waals surface area (Å²) in [4.78, 5) is 24.7. The molecule has 1 N–H and O–H groups in total. The van der Waals surface area contributed by atoms with Crippen LogP contribution in [0.5, 0.6) is 11.5 Å². The molecule has 37 heavy (non-hydrogen) atoms. The monoisotopic (exact) mass is 531 g/mol. The Hall–Kier alpha value is -3.50. The third-order valence-electron chi connectivity index (χ3n) is 5.99. The van der Waals surface area contributed by atoms with E-state index in [1.807, 2.05) is 30.0 Å². The molecular weight excluding hydrogens is 504 g/mol. The highest BCUT2D eigenvalue weighted by atomic mass is 35.5. The first kappa shape index (κ1) is 26.6. The van der Waals surface area contributed by atoms with E-state index in [1.165, 1.54) is 19.5 Å². The van der Waals surface area contributed by atoms with Crippen molar-refractivity contribution >= 4 is 39.9 Å². The van der Waals surface area contributed by atoms with Crippen molar-refractivity contribution < 1.29 is 23.0 Å². The first-order valence-corrected chi connectivity index (χ1v) is 12.1. The molecule has 0 atom stereocenters. The van der Waals surface area contributed by atoms with E-state index in [9.17, 15) is 13.6 Å². The number of piperidine rings is 1. The van der Waals surface area contributed by atoms with E-state index in [1.54, 1.807) is 18.2 Å². The zero-order valence-electron chi connectivity index (χ0n) is 20.8. The largest absolute Gasteiger partial charge is 0.493 e. The first-order valence-electron chi connectivity index (χ1n) is 11.8. The van der Waals surface area contributed by atoms with Crippen LogP contribution in [0, 0.1) is 11.6 Å². The highest BCUT2D eigenvalue weighted by Crippen LogP contribution is 2.37. The summed E-state index contributed by atoms with van der Waals surface area (Å²) >= 11 is 5.72. The molecule has 2 aromatic carbocycles. The highest BCUT2D eigenvalue weighted by Gasteiger charge is 2.24. The van der Waals surface area contributed by atoms with Gasteiger partial charge in [-0.3, -0.25) is 4.79 Å². The molecule has 2 heterocycles. The Morgan fingerprint density at radius 2 is 1.97 bits per heavy atom. The van der Waals surface area contributed by atoms with Gasteiger partial charge in [-0.2, -0.15) is 0 Å². The van der Waals surface area contributed by atoms with Gasteiger partial charge in [0.1, 0.15) is 29.1 Å². The number of hydrogen-bond donors (Lipinski definition) is 1. The molecule has 1 aliphatic heterocycles. The van der Waals surface area contributed by atoms with Crippen LogP contribution in [0.15, 0.2) is 42.7 Å². The molecule has 11 heteroatoms. The number of carbonyl (C=O) groups is 1. The number of methoxy groups -OCH3 is 1. The Kier molecular flexibility index (Phi) is 8.40. The topological polar surface area (TPSA) is 79.8 Å². The minimum Gasteiger partial charge on any atom is -0.493 e. The maximum atomic E-state index is 14.5. The average Bonchev–Trinajstić information content (AvgIpc) is 2.89. The van der Waals surface area contributed by atoms with Crippen molar-refractivity contribution in [3.63, 3.8) is 0 Å². The van der Waals surface area contributed by atoms with Crippen LogP contribution in [0.25, 0.3) is 10.9 Å². The van der Waals surface area contributed by atoms with Gasteiger partial charge in [-0.1, -0.05) is 17.7 Å². The predicted molar refractivity (Wildman–Crippen MR) is 139 cm³/mol. The molecule has 0 saturated carbocycles. The molecule has 1 amide bonds. The number of ether oxygens (including phenoxy) is 2. The van der Waals surface area contributed by atoms with E-state index in [2.05, 4.69) is 15.3 Å². The number of anilines is 2. The molecular formula is C26H28ClF2N5O3. The van der Waals surface area contributed by atoms with E-state index < -0.39 is 16.7 Å². The summed E-state index contributed by atoms with van der Waals surface area (Å²) in [5.41, 5.74) is 0.515. The SMILES string of the molecule is COc1cc2ncnc(Nc3ccc(F)c(Cl)c3F)c2cc1OC1CCN(C(=O)/C=C/CN(C)C)CC1. The van der Waals surface area contributed by atoms with E-state index in [0.717, 1.165) is 6.07 Å². The molecule has 4 rings (SSSR count). The zero-order valence-corrected chi connectivity index (χ0v) is 21.6. The van der Waals surface area contributed by atoms with Gasteiger partial charge in [-0.05, 0) is 32.3 Å². The smallest absolute Gasteiger partial charge is 0.246 e. The molecule has 1 aliphatic rings. The van der Waals surface area contributed by atoms with Gasteiger partial charge in [-0.15, -0.1) is 0 Å². The van der Waals surface area contributed by atoms with Gasteiger partial charge in [0.2, 0.25) is 5.91 Å². The molecule has 0 bridgehead atoms. The maximum Gasteiger partial charge on any atom is 0.246 e. The lowest BCUT2D eigenvalue weighted by Gasteiger charge is -2.32. The maximum absolute atomic E-state index is 14.5. The summed E-state index contributed by atoms with van der Waals surface area (Å²) < 4.78 is 39.9. The van der Waals surface area contributed by atoms with E-state index >= 15 is 0 Å². The van der Waals surface area contributed by atoms with Gasteiger partial charge in [0.15, 0.2) is 17.3 Å². The molecule has 0 spiro atoms. The Morgan fingerprint density at radius 1 is 1.22 bits per heavy atom. The number of benzene rings is 2. The molecule has 3 aromatic rings. The Morgan fingerprint density at radius 3 is 2.68 bits per heavy atom. The number of hydrogen-bond acceptors (Lipinski definition) is 7. The van der Waals surface area contributed by atoms with Crippen LogP contribution in [0.2, 0.25) is 5.02 Å². The number of aromatic nitrogens is 2. The molecule has 0 unspecified atom stereocenters. The van der Waals surface area contributed by atoms with Gasteiger partial charge in [0.25, 0.3) is 0 Å². The van der Waals surface area contributed by atoms with Crippen LogP contribution in [0.3, 0.4) is 0 Å². The van der Waals surface area contributed by atoms with E-state index in [4.69, 9.17) is 21.1 Å². The fraction of sp³-hybridized carbons (Fsp3) is 0.346. The summed E-state index contributed by atoms with van der Waals surface area (Å²) in [6.45, 7) is 1.85. The minimum atomic E-state index is -0.920. The van der Waals surface area contributed by atoms with Crippen LogP contribution in [-0.2, 0) is 4.79 Å². The number of rotatable bonds is 8. The normalized spacial score (nSPS) is 14.5. The zero-order chi connectivity index (χ0) is 26.5. The average molecular weight is 532 g/mol. The standard InChI is InChI=1S/C26H28ClF2N5O3/c1-33(2)10-4-5-23(35)34-11-8-16(9-12-34)37-22-13-17-20(14-21(22)36-3)30-15-31-26(17)32-19-7-6-18(28)24(27)25(19)29/h4-7,13-16H,8-12H2,1-3H3,(H,30,31,32)/b5-4+. The van der Waals surface area contributed by atoms with Gasteiger partial charge in [0, 0.05) is 50.0 Å². The van der Waals surface area contributed by atoms with Crippen LogP contribution < -0.4 is 14.8 Å². The summed E-state index contributed by atoms with van der Waals surface area (Å²) in [6.07, 6.45) is 5.97. The number of nitrogens with one attached hydrogen (secondary N) is 1. The number of likely N-dealkylation sites (tertiary alicyclic amines) is 1. The number of fused-ring (bicyclic) bond motifs is 1. The van der Waals surface area contributed by atoms with Crippen molar-refractivity contribution in [3.05, 3.63) is 59.4 Å². The van der Waals surface area contributed by atoms with Crippen LogP contribution in [0.4, 0.5) is 20.3 Å². The molecule has 1 aromatic heterocycles. The van der Waals surface area contributed by atoms with Crippen molar-refractivity contribution in [2.24, 2.45) is 0 Å². The van der Waals surface area contributed by atoms with Crippen molar-refractivity contribution in [1.29, 1.82) is 0 Å². The number of carbonyl (C=O) groups excluding carboxylic acids is 1. The Bertz CT molecular complexity index is 1310. The second kappa shape index (κ2) is 11.7. The molecule has 1 fully saturated rings. The number of halogens is 3. The van der Waals surface area contributed by atoms with Crippen molar-refractivity contribution in [3.8, 4) is 11.5 Å². The highest BCUT2D eigenvalue weighted by molar-refractivity contribution is 6.31. The summed E-state index contributed by atoms with van der Waals surface area (Å²) in [7, 11) is 5.42. The number of likely N-dealkylation sites (N-methyl/N-ethyl adjacent to an activating group) is 1. The second-order valence-electron chi connectivity index (χ2n) is 8.90. The van der Waals surface area contributed by atoms with E-state index in [0.29, 0.717) is 60.7 Å². The lowest BCUT2D eigenvalue weighted by molar-refractivity contribution is -0.127. The predicted octanol–water partition coefficient (Wildman–Crippen LogP) is 4.80. The number of amides is 1. The Balaban J connectivity index is 1.51. The van der Waals surface area contributed by atoms with Gasteiger partial charge in [0.05, 0.1) is 18.3 Å². The third-order valence-corrected chi connectivity index (χ3v) is 6.33. The molecule has 1 saturated heterocycles. The van der Waals surface area contributed by atoms with Gasteiger partial charge in [-0.25, -0.2) is 18.7 Å². The fourth-order valence-corrected chi connectivity index (χ4v) is 4.17. The fourth-order valence-electron chi connectivity index (χ4n) is 4.01.